The van der Waals surface area contributed by atoms with Crippen LogP contribution in [0.3, 0.4) is 0 Å². The summed E-state index contributed by atoms with van der Waals surface area (Å²) in [5.41, 5.74) is -1.39. The average molecular weight is 436 g/mol. The first-order valence-corrected chi connectivity index (χ1v) is 9.57. The molecule has 2 aromatic carbocycles. The fourth-order valence-corrected chi connectivity index (χ4v) is 4.21. The number of carbonyl (C=O) groups excluding carboxylic acids is 2. The molecule has 0 aliphatic carbocycles. The number of rotatable bonds is 4. The molecule has 2 fully saturated rings. The molecule has 2 aliphatic rings. The summed E-state index contributed by atoms with van der Waals surface area (Å²) < 4.78 is 26.2. The molecule has 0 saturated carbocycles. The number of alkyl halides is 1. The van der Waals surface area contributed by atoms with Crippen molar-refractivity contribution in [2.24, 2.45) is 0 Å². The van der Waals surface area contributed by atoms with E-state index in [2.05, 4.69) is 0 Å². The second-order valence-electron chi connectivity index (χ2n) is 7.08. The monoisotopic (exact) mass is 435 g/mol. The zero-order valence-corrected chi connectivity index (χ0v) is 17.0. The Kier molecular flexibility index (Phi) is 5.27. The molecule has 9 heteroatoms. The third-order valence-corrected chi connectivity index (χ3v) is 5.68. The van der Waals surface area contributed by atoms with Gasteiger partial charge in [0.15, 0.2) is 0 Å². The van der Waals surface area contributed by atoms with Crippen LogP contribution in [0.1, 0.15) is 29.6 Å². The Morgan fingerprint density at radius 1 is 1.03 bits per heavy atom. The van der Waals surface area contributed by atoms with Gasteiger partial charge in [-0.2, -0.15) is 0 Å². The van der Waals surface area contributed by atoms with Gasteiger partial charge in [0.25, 0.3) is 5.60 Å². The Morgan fingerprint density at radius 2 is 1.63 bits per heavy atom. The third-order valence-electron chi connectivity index (χ3n) is 5.43. The SMILES string of the molecule is COC(=O)C1(C(=O)OC)ON2O[C@H](c3ccccc3)C[C@@]2(F)[C@@H]1c1ccc(Cl)cc1. The molecular formula is C21H19ClFNO6. The van der Waals surface area contributed by atoms with Crippen molar-refractivity contribution < 1.29 is 33.1 Å². The van der Waals surface area contributed by atoms with Crippen LogP contribution in [0.4, 0.5) is 4.39 Å². The highest BCUT2D eigenvalue weighted by Crippen LogP contribution is 2.59. The summed E-state index contributed by atoms with van der Waals surface area (Å²) in [6, 6.07) is 15.1. The van der Waals surface area contributed by atoms with Crippen LogP contribution in [0, 0.1) is 0 Å². The molecule has 2 saturated heterocycles. The summed E-state index contributed by atoms with van der Waals surface area (Å²) in [4.78, 5) is 36.9. The van der Waals surface area contributed by atoms with Crippen LogP contribution in [-0.4, -0.2) is 42.8 Å². The summed E-state index contributed by atoms with van der Waals surface area (Å²) in [7, 11) is 2.16. The van der Waals surface area contributed by atoms with Gasteiger partial charge in [-0.1, -0.05) is 54.1 Å². The first-order valence-electron chi connectivity index (χ1n) is 9.19. The molecular weight excluding hydrogens is 417 g/mol. The average Bonchev–Trinajstić information content (AvgIpc) is 3.22. The van der Waals surface area contributed by atoms with Crippen molar-refractivity contribution in [3.05, 3.63) is 70.7 Å². The van der Waals surface area contributed by atoms with Gasteiger partial charge in [-0.25, -0.2) is 18.8 Å². The Morgan fingerprint density at radius 3 is 2.20 bits per heavy atom. The van der Waals surface area contributed by atoms with Gasteiger partial charge in [-0.15, -0.1) is 0 Å². The number of methoxy groups -OCH3 is 2. The molecule has 2 heterocycles. The number of benzene rings is 2. The van der Waals surface area contributed by atoms with E-state index in [1.807, 2.05) is 6.07 Å². The van der Waals surface area contributed by atoms with Gasteiger partial charge < -0.3 is 9.47 Å². The van der Waals surface area contributed by atoms with E-state index in [1.54, 1.807) is 24.3 Å². The summed E-state index contributed by atoms with van der Waals surface area (Å²) in [6.45, 7) is 0. The molecule has 0 N–H and O–H groups in total. The van der Waals surface area contributed by atoms with Crippen LogP contribution in [0.25, 0.3) is 0 Å². The minimum atomic E-state index is -2.42. The largest absolute Gasteiger partial charge is 0.466 e. The highest BCUT2D eigenvalue weighted by Gasteiger charge is 2.76. The number of carbonyl (C=O) groups is 2. The molecule has 158 valence electrons. The van der Waals surface area contributed by atoms with E-state index in [1.165, 1.54) is 24.3 Å². The third kappa shape index (κ3) is 2.99. The van der Waals surface area contributed by atoms with Crippen molar-refractivity contribution >= 4 is 23.5 Å². The molecule has 0 radical (unpaired) electrons. The van der Waals surface area contributed by atoms with E-state index in [4.69, 9.17) is 30.7 Å². The number of halogens is 2. The molecule has 0 aromatic heterocycles. The number of nitrogens with zero attached hydrogens (tertiary/aromatic N) is 1. The molecule has 0 spiro atoms. The lowest BCUT2D eigenvalue weighted by Gasteiger charge is -2.31. The standard InChI is InChI=1S/C21H19ClFNO6/c1-27-18(25)21(19(26)28-2)17(14-8-10-15(22)11-9-14)20(23)12-16(29-24(20)30-21)13-6-4-3-5-7-13/h3-11,16-17H,12H2,1-2H3/t16-,17-,20-/m0/s1. The Labute approximate surface area is 177 Å². The molecule has 0 bridgehead atoms. The molecule has 7 nitrogen and oxygen atoms in total. The lowest BCUT2D eigenvalue weighted by atomic mass is 9.75. The van der Waals surface area contributed by atoms with E-state index in [0.717, 1.165) is 19.8 Å². The van der Waals surface area contributed by atoms with Gasteiger partial charge in [0.1, 0.15) is 6.10 Å². The van der Waals surface area contributed by atoms with Gasteiger partial charge in [0.05, 0.1) is 20.1 Å². The van der Waals surface area contributed by atoms with Crippen LogP contribution >= 0.6 is 11.6 Å². The highest BCUT2D eigenvalue weighted by molar-refractivity contribution is 6.30. The normalized spacial score (nSPS) is 27.5. The maximum atomic E-state index is 16.6. The predicted octanol–water partition coefficient (Wildman–Crippen LogP) is 3.50. The Balaban J connectivity index is 1.84. The topological polar surface area (TPSA) is 74.3 Å². The summed E-state index contributed by atoms with van der Waals surface area (Å²) in [5.74, 6) is -5.99. The first-order chi connectivity index (χ1) is 14.4. The van der Waals surface area contributed by atoms with Gasteiger partial charge in [-0.05, 0) is 28.5 Å². The smallest absolute Gasteiger partial charge is 0.353 e. The molecule has 0 unspecified atom stereocenters. The lowest BCUT2D eigenvalue weighted by molar-refractivity contribution is -0.395. The van der Waals surface area contributed by atoms with Gasteiger partial charge in [0, 0.05) is 11.4 Å². The number of hydrogen-bond donors (Lipinski definition) is 0. The number of hydrogen-bond acceptors (Lipinski definition) is 7. The summed E-state index contributed by atoms with van der Waals surface area (Å²) in [6.07, 6.45) is -0.876. The Hall–Kier alpha value is -2.52. The highest BCUT2D eigenvalue weighted by atomic mass is 35.5. The Bertz CT molecular complexity index is 940. The van der Waals surface area contributed by atoms with Crippen LogP contribution < -0.4 is 0 Å². The lowest BCUT2D eigenvalue weighted by Crippen LogP contribution is -2.54. The van der Waals surface area contributed by atoms with Gasteiger partial charge in [0.2, 0.25) is 5.79 Å². The van der Waals surface area contributed by atoms with E-state index in [-0.39, 0.29) is 6.42 Å². The second-order valence-corrected chi connectivity index (χ2v) is 7.52. The quantitative estimate of drug-likeness (QED) is 0.413. The molecule has 2 aliphatic heterocycles. The van der Waals surface area contributed by atoms with Gasteiger partial charge >= 0.3 is 11.9 Å². The van der Waals surface area contributed by atoms with Crippen molar-refractivity contribution in [2.75, 3.05) is 14.2 Å². The van der Waals surface area contributed by atoms with Crippen LogP contribution in [0.15, 0.2) is 54.6 Å². The molecule has 4 rings (SSSR count). The zero-order valence-electron chi connectivity index (χ0n) is 16.2. The van der Waals surface area contributed by atoms with Gasteiger partial charge in [-0.3, -0.25) is 4.84 Å². The first kappa shape index (κ1) is 20.7. The van der Waals surface area contributed by atoms with Crippen LogP contribution in [-0.2, 0) is 28.7 Å². The van der Waals surface area contributed by atoms with Crippen molar-refractivity contribution in [3.8, 4) is 0 Å². The van der Waals surface area contributed by atoms with E-state index >= 15 is 4.39 Å². The molecule has 0 amide bonds. The zero-order chi connectivity index (χ0) is 21.5. The van der Waals surface area contributed by atoms with E-state index in [9.17, 15) is 9.59 Å². The number of hydroxylamine groups is 2. The van der Waals surface area contributed by atoms with Crippen molar-refractivity contribution in [1.82, 2.24) is 5.23 Å². The van der Waals surface area contributed by atoms with Crippen molar-refractivity contribution in [1.29, 1.82) is 0 Å². The minimum Gasteiger partial charge on any atom is -0.466 e. The van der Waals surface area contributed by atoms with Crippen LogP contribution in [0.2, 0.25) is 5.02 Å². The summed E-state index contributed by atoms with van der Waals surface area (Å²) in [5, 5.41) is 1.01. The van der Waals surface area contributed by atoms with Crippen molar-refractivity contribution in [3.63, 3.8) is 0 Å². The fourth-order valence-electron chi connectivity index (χ4n) is 4.08. The van der Waals surface area contributed by atoms with E-state index in [0.29, 0.717) is 15.8 Å². The molecule has 2 aromatic rings. The predicted molar refractivity (Wildman–Crippen MR) is 103 cm³/mol. The van der Waals surface area contributed by atoms with Crippen LogP contribution in [0.5, 0.6) is 0 Å². The maximum absolute atomic E-state index is 16.6. The number of fused-ring (bicyclic) bond motifs is 1. The second kappa shape index (κ2) is 7.63. The van der Waals surface area contributed by atoms with Crippen molar-refractivity contribution in [2.45, 2.75) is 29.8 Å². The fraction of sp³-hybridized carbons (Fsp3) is 0.333. The number of esters is 2. The van der Waals surface area contributed by atoms with E-state index < -0.39 is 35.4 Å². The molecule has 3 atom stereocenters. The minimum absolute atomic E-state index is 0.194. The molecule has 30 heavy (non-hydrogen) atoms. The summed E-state index contributed by atoms with van der Waals surface area (Å²) >= 11 is 5.97. The number of ether oxygens (including phenoxy) is 2. The maximum Gasteiger partial charge on any atom is 0.353 e.